The van der Waals surface area contributed by atoms with Crippen molar-refractivity contribution < 1.29 is 9.21 Å². The maximum Gasteiger partial charge on any atom is 0.180 e. The summed E-state index contributed by atoms with van der Waals surface area (Å²) in [6.07, 6.45) is 3.16. The molecule has 0 unspecified atom stereocenters. The summed E-state index contributed by atoms with van der Waals surface area (Å²) in [5.41, 5.74) is 0.697. The van der Waals surface area contributed by atoms with Gasteiger partial charge < -0.3 is 4.42 Å². The standard InChI is InChI=1S/C6H7NO2/c1-5(8)2-6-3-9-4-7-6/h3-4H,2H2,1H3. The van der Waals surface area contributed by atoms with Gasteiger partial charge in [0.2, 0.25) is 0 Å². The van der Waals surface area contributed by atoms with Gasteiger partial charge in [-0.2, -0.15) is 0 Å². The first kappa shape index (κ1) is 6.01. The van der Waals surface area contributed by atoms with Crippen LogP contribution in [0.1, 0.15) is 12.6 Å². The molecule has 0 aromatic carbocycles. The summed E-state index contributed by atoms with van der Waals surface area (Å²) in [6.45, 7) is 1.52. The summed E-state index contributed by atoms with van der Waals surface area (Å²) in [4.78, 5) is 14.2. The number of carbonyl (C=O) groups is 1. The van der Waals surface area contributed by atoms with Crippen molar-refractivity contribution >= 4 is 5.78 Å². The molecule has 0 N–H and O–H groups in total. The van der Waals surface area contributed by atoms with E-state index in [1.54, 1.807) is 0 Å². The quantitative estimate of drug-likeness (QED) is 0.587. The molecule has 1 aromatic heterocycles. The second kappa shape index (κ2) is 2.44. The molecule has 0 bridgehead atoms. The molecule has 48 valence electrons. The second-order valence-corrected chi connectivity index (χ2v) is 1.86. The van der Waals surface area contributed by atoms with Gasteiger partial charge in [0.1, 0.15) is 12.0 Å². The van der Waals surface area contributed by atoms with Crippen molar-refractivity contribution in [2.75, 3.05) is 0 Å². The fraction of sp³-hybridized carbons (Fsp3) is 0.333. The van der Waals surface area contributed by atoms with Crippen molar-refractivity contribution in [2.45, 2.75) is 13.3 Å². The van der Waals surface area contributed by atoms with E-state index in [4.69, 9.17) is 0 Å². The molecule has 0 aliphatic heterocycles. The summed E-state index contributed by atoms with van der Waals surface area (Å²) in [5, 5.41) is 0. The van der Waals surface area contributed by atoms with Gasteiger partial charge in [-0.05, 0) is 6.92 Å². The van der Waals surface area contributed by atoms with Crippen LogP contribution in [0.5, 0.6) is 0 Å². The molecule has 0 aliphatic rings. The molecule has 1 heterocycles. The number of rotatable bonds is 2. The van der Waals surface area contributed by atoms with Crippen LogP contribution in [-0.2, 0) is 11.2 Å². The molecule has 0 aliphatic carbocycles. The molecule has 0 radical (unpaired) electrons. The van der Waals surface area contributed by atoms with Gasteiger partial charge in [-0.1, -0.05) is 0 Å². The Kier molecular flexibility index (Phi) is 1.63. The van der Waals surface area contributed by atoms with Crippen molar-refractivity contribution in [3.63, 3.8) is 0 Å². The number of ketones is 1. The topological polar surface area (TPSA) is 43.1 Å². The van der Waals surface area contributed by atoms with E-state index in [2.05, 4.69) is 9.40 Å². The van der Waals surface area contributed by atoms with Crippen LogP contribution in [0.25, 0.3) is 0 Å². The molecular weight excluding hydrogens is 118 g/mol. The maximum atomic E-state index is 10.4. The van der Waals surface area contributed by atoms with Crippen LogP contribution >= 0.6 is 0 Å². The van der Waals surface area contributed by atoms with E-state index in [0.29, 0.717) is 12.1 Å². The van der Waals surface area contributed by atoms with Gasteiger partial charge in [0.25, 0.3) is 0 Å². The van der Waals surface area contributed by atoms with Gasteiger partial charge in [-0.25, -0.2) is 4.98 Å². The van der Waals surface area contributed by atoms with Crippen LogP contribution in [0, 0.1) is 0 Å². The van der Waals surface area contributed by atoms with Gasteiger partial charge in [0.05, 0.1) is 12.1 Å². The van der Waals surface area contributed by atoms with E-state index in [0.717, 1.165) is 0 Å². The van der Waals surface area contributed by atoms with Gasteiger partial charge in [-0.15, -0.1) is 0 Å². The van der Waals surface area contributed by atoms with Crippen molar-refractivity contribution in [2.24, 2.45) is 0 Å². The van der Waals surface area contributed by atoms with Gasteiger partial charge in [-0.3, -0.25) is 4.79 Å². The molecule has 3 nitrogen and oxygen atoms in total. The van der Waals surface area contributed by atoms with Crippen LogP contribution in [0.4, 0.5) is 0 Å². The zero-order chi connectivity index (χ0) is 6.69. The molecule has 0 saturated carbocycles. The van der Waals surface area contributed by atoms with E-state index >= 15 is 0 Å². The van der Waals surface area contributed by atoms with Crippen molar-refractivity contribution in [3.8, 4) is 0 Å². The highest BCUT2D eigenvalue weighted by Gasteiger charge is 1.97. The lowest BCUT2D eigenvalue weighted by atomic mass is 10.3. The molecule has 9 heavy (non-hydrogen) atoms. The SMILES string of the molecule is CC(=O)Cc1cocn1. The molecule has 0 amide bonds. The molecule has 0 saturated heterocycles. The van der Waals surface area contributed by atoms with Crippen LogP contribution in [0.15, 0.2) is 17.1 Å². The molecule has 0 atom stereocenters. The van der Waals surface area contributed by atoms with Gasteiger partial charge >= 0.3 is 0 Å². The molecular formula is C6H7NO2. The van der Waals surface area contributed by atoms with Crippen LogP contribution in [0.2, 0.25) is 0 Å². The number of carbonyl (C=O) groups excluding carboxylic acids is 1. The van der Waals surface area contributed by atoms with Gasteiger partial charge in [0.15, 0.2) is 6.39 Å². The highest BCUT2D eigenvalue weighted by Crippen LogP contribution is 1.94. The number of Topliss-reactive ketones (excluding diaryl/α,β-unsaturated/α-hetero) is 1. The minimum atomic E-state index is 0.101. The predicted octanol–water partition coefficient (Wildman–Crippen LogP) is 0.806. The first-order valence-corrected chi connectivity index (χ1v) is 2.65. The van der Waals surface area contributed by atoms with Crippen LogP contribution in [0.3, 0.4) is 0 Å². The summed E-state index contributed by atoms with van der Waals surface area (Å²) in [7, 11) is 0. The normalized spacial score (nSPS) is 9.44. The van der Waals surface area contributed by atoms with E-state index in [-0.39, 0.29) is 5.78 Å². The first-order chi connectivity index (χ1) is 4.29. The monoisotopic (exact) mass is 125 g/mol. The van der Waals surface area contributed by atoms with Gasteiger partial charge in [0, 0.05) is 0 Å². The highest BCUT2D eigenvalue weighted by molar-refractivity contribution is 5.77. The Labute approximate surface area is 52.7 Å². The average molecular weight is 125 g/mol. The fourth-order valence-corrected chi connectivity index (χ4v) is 0.580. The van der Waals surface area contributed by atoms with E-state index in [1.807, 2.05) is 0 Å². The molecule has 0 fully saturated rings. The van der Waals surface area contributed by atoms with Crippen molar-refractivity contribution in [3.05, 3.63) is 18.4 Å². The fourth-order valence-electron chi connectivity index (χ4n) is 0.580. The summed E-state index contributed by atoms with van der Waals surface area (Å²) < 4.78 is 4.65. The van der Waals surface area contributed by atoms with Crippen molar-refractivity contribution in [1.82, 2.24) is 4.98 Å². The third-order valence-corrected chi connectivity index (χ3v) is 0.914. The third-order valence-electron chi connectivity index (χ3n) is 0.914. The number of hydrogen-bond acceptors (Lipinski definition) is 3. The third kappa shape index (κ3) is 1.68. The van der Waals surface area contributed by atoms with Crippen molar-refractivity contribution in [1.29, 1.82) is 0 Å². The Hall–Kier alpha value is -1.12. The molecule has 1 aromatic rings. The highest BCUT2D eigenvalue weighted by atomic mass is 16.3. The zero-order valence-corrected chi connectivity index (χ0v) is 5.13. The smallest absolute Gasteiger partial charge is 0.180 e. The number of aromatic nitrogens is 1. The second-order valence-electron chi connectivity index (χ2n) is 1.86. The maximum absolute atomic E-state index is 10.4. The lowest BCUT2D eigenvalue weighted by Crippen LogP contribution is -1.95. The van der Waals surface area contributed by atoms with E-state index < -0.39 is 0 Å². The minimum absolute atomic E-state index is 0.101. The average Bonchev–Trinajstić information content (AvgIpc) is 2.15. The molecule has 3 heteroatoms. The lowest BCUT2D eigenvalue weighted by Gasteiger charge is -1.83. The molecule has 0 spiro atoms. The number of oxazole rings is 1. The Bertz CT molecular complexity index is 191. The molecule has 1 rings (SSSR count). The number of hydrogen-bond donors (Lipinski definition) is 0. The van der Waals surface area contributed by atoms with E-state index in [9.17, 15) is 4.79 Å². The lowest BCUT2D eigenvalue weighted by molar-refractivity contribution is -0.116. The predicted molar refractivity (Wildman–Crippen MR) is 30.9 cm³/mol. The van der Waals surface area contributed by atoms with Crippen LogP contribution in [-0.4, -0.2) is 10.8 Å². The van der Waals surface area contributed by atoms with E-state index in [1.165, 1.54) is 19.6 Å². The summed E-state index contributed by atoms with van der Waals surface area (Å²) in [6, 6.07) is 0. The Balaban J connectivity index is 2.58. The first-order valence-electron chi connectivity index (χ1n) is 2.65. The summed E-state index contributed by atoms with van der Waals surface area (Å²) in [5.74, 6) is 0.101. The largest absolute Gasteiger partial charge is 0.451 e. The Morgan fingerprint density at radius 3 is 3.11 bits per heavy atom. The Morgan fingerprint density at radius 1 is 1.89 bits per heavy atom. The van der Waals surface area contributed by atoms with Crippen LogP contribution < -0.4 is 0 Å². The summed E-state index contributed by atoms with van der Waals surface area (Å²) >= 11 is 0. The minimum Gasteiger partial charge on any atom is -0.451 e. The zero-order valence-electron chi connectivity index (χ0n) is 5.13. The Morgan fingerprint density at radius 2 is 2.67 bits per heavy atom. The number of nitrogens with zero attached hydrogens (tertiary/aromatic N) is 1.